The van der Waals surface area contributed by atoms with Gasteiger partial charge in [-0.3, -0.25) is 9.59 Å². The lowest BCUT2D eigenvalue weighted by atomic mass is 10.1. The molecule has 0 saturated carbocycles. The number of ether oxygens (including phenoxy) is 1. The Morgan fingerprint density at radius 3 is 2.07 bits per heavy atom. The highest BCUT2D eigenvalue weighted by Gasteiger charge is 2.37. The minimum absolute atomic E-state index is 0.203. The number of nitrogens with zero attached hydrogens (tertiary/aromatic N) is 1. The van der Waals surface area contributed by atoms with Crippen molar-refractivity contribution in [2.24, 2.45) is 0 Å². The summed E-state index contributed by atoms with van der Waals surface area (Å²) < 4.78 is 5.57. The number of rotatable bonds is 3. The molecule has 5 heteroatoms. The van der Waals surface area contributed by atoms with Crippen molar-refractivity contribution in [3.05, 3.63) is 94.0 Å². The summed E-state index contributed by atoms with van der Waals surface area (Å²) in [7, 11) is 0. The summed E-state index contributed by atoms with van der Waals surface area (Å²) in [4.78, 5) is 39.6. The predicted molar refractivity (Wildman–Crippen MR) is 110 cm³/mol. The first-order valence-electron chi connectivity index (χ1n) is 9.25. The lowest BCUT2D eigenvalue weighted by Crippen LogP contribution is -2.29. The van der Waals surface area contributed by atoms with Crippen LogP contribution in [-0.4, -0.2) is 17.8 Å². The summed E-state index contributed by atoms with van der Waals surface area (Å²) in [6.07, 6.45) is 0. The standard InChI is InChI=1S/C24H19NO4/c1-14-7-4-5-10-20(14)25-22(26)18-12-11-17(13-19(18)23(25)27)24(28)29-21-15(2)8-6-9-16(21)3/h4-13H,1-3H3. The van der Waals surface area contributed by atoms with Crippen LogP contribution >= 0.6 is 0 Å². The quantitative estimate of drug-likeness (QED) is 0.375. The van der Waals surface area contributed by atoms with E-state index in [1.165, 1.54) is 18.2 Å². The van der Waals surface area contributed by atoms with E-state index >= 15 is 0 Å². The van der Waals surface area contributed by atoms with Crippen LogP contribution in [0.25, 0.3) is 0 Å². The first-order valence-corrected chi connectivity index (χ1v) is 9.25. The SMILES string of the molecule is Cc1ccccc1N1C(=O)c2ccc(C(=O)Oc3c(C)cccc3C)cc2C1=O. The van der Waals surface area contributed by atoms with Crippen molar-refractivity contribution in [3.8, 4) is 5.75 Å². The molecule has 3 aromatic carbocycles. The number of carbonyl (C=O) groups is 3. The second-order valence-electron chi connectivity index (χ2n) is 7.10. The average Bonchev–Trinajstić information content (AvgIpc) is 2.95. The van der Waals surface area contributed by atoms with E-state index in [4.69, 9.17) is 4.74 Å². The molecule has 1 aliphatic rings. The minimum atomic E-state index is -0.570. The molecule has 0 fully saturated rings. The van der Waals surface area contributed by atoms with Crippen molar-refractivity contribution in [2.75, 3.05) is 4.90 Å². The zero-order valence-corrected chi connectivity index (χ0v) is 16.4. The van der Waals surface area contributed by atoms with Gasteiger partial charge in [-0.25, -0.2) is 9.69 Å². The zero-order chi connectivity index (χ0) is 20.7. The predicted octanol–water partition coefficient (Wildman–Crippen LogP) is 4.63. The monoisotopic (exact) mass is 385 g/mol. The molecule has 0 N–H and O–H groups in total. The molecule has 4 rings (SSSR count). The molecule has 0 bridgehead atoms. The summed E-state index contributed by atoms with van der Waals surface area (Å²) >= 11 is 0. The van der Waals surface area contributed by atoms with Gasteiger partial charge in [0, 0.05) is 0 Å². The van der Waals surface area contributed by atoms with Gasteiger partial charge in [-0.1, -0.05) is 36.4 Å². The van der Waals surface area contributed by atoms with Gasteiger partial charge in [0.1, 0.15) is 5.75 Å². The highest BCUT2D eigenvalue weighted by atomic mass is 16.5. The molecule has 0 atom stereocenters. The molecular weight excluding hydrogens is 366 g/mol. The topological polar surface area (TPSA) is 63.7 Å². The Morgan fingerprint density at radius 2 is 1.38 bits per heavy atom. The van der Waals surface area contributed by atoms with E-state index in [1.54, 1.807) is 12.1 Å². The molecule has 5 nitrogen and oxygen atoms in total. The van der Waals surface area contributed by atoms with Crippen LogP contribution in [0.3, 0.4) is 0 Å². The minimum Gasteiger partial charge on any atom is -0.422 e. The molecule has 1 aliphatic heterocycles. The lowest BCUT2D eigenvalue weighted by Gasteiger charge is -2.16. The molecule has 0 radical (unpaired) electrons. The molecular formula is C24H19NO4. The second-order valence-corrected chi connectivity index (χ2v) is 7.10. The molecule has 144 valence electrons. The fourth-order valence-corrected chi connectivity index (χ4v) is 3.51. The van der Waals surface area contributed by atoms with Gasteiger partial charge >= 0.3 is 5.97 Å². The lowest BCUT2D eigenvalue weighted by molar-refractivity contribution is 0.0731. The normalized spacial score (nSPS) is 12.9. The Labute approximate surface area is 168 Å². The number of imide groups is 1. The molecule has 0 spiro atoms. The van der Waals surface area contributed by atoms with E-state index < -0.39 is 17.8 Å². The summed E-state index contributed by atoms with van der Waals surface area (Å²) in [6.45, 7) is 5.56. The fraction of sp³-hybridized carbons (Fsp3) is 0.125. The number of esters is 1. The van der Waals surface area contributed by atoms with Gasteiger partial charge in [0.2, 0.25) is 0 Å². The molecule has 0 saturated heterocycles. The van der Waals surface area contributed by atoms with Crippen LogP contribution in [-0.2, 0) is 0 Å². The van der Waals surface area contributed by atoms with Crippen LogP contribution in [0.2, 0.25) is 0 Å². The van der Waals surface area contributed by atoms with Crippen LogP contribution in [0, 0.1) is 20.8 Å². The zero-order valence-electron chi connectivity index (χ0n) is 16.4. The van der Waals surface area contributed by atoms with Crippen LogP contribution in [0.1, 0.15) is 47.8 Å². The van der Waals surface area contributed by atoms with Crippen LogP contribution in [0.4, 0.5) is 5.69 Å². The number of hydrogen-bond acceptors (Lipinski definition) is 4. The van der Waals surface area contributed by atoms with Gasteiger partial charge < -0.3 is 4.74 Å². The number of aryl methyl sites for hydroxylation is 3. The first kappa shape index (κ1) is 18.6. The third-order valence-corrected chi connectivity index (χ3v) is 5.08. The maximum atomic E-state index is 13.0. The third kappa shape index (κ3) is 3.10. The molecule has 1 heterocycles. The molecule has 2 amide bonds. The number of benzene rings is 3. The average molecular weight is 385 g/mol. The Bertz CT molecular complexity index is 1160. The van der Waals surface area contributed by atoms with Crippen molar-refractivity contribution in [3.63, 3.8) is 0 Å². The van der Waals surface area contributed by atoms with Crippen molar-refractivity contribution in [2.45, 2.75) is 20.8 Å². The van der Waals surface area contributed by atoms with Crippen LogP contribution < -0.4 is 9.64 Å². The van der Waals surface area contributed by atoms with E-state index in [9.17, 15) is 14.4 Å². The highest BCUT2D eigenvalue weighted by molar-refractivity contribution is 6.34. The number of hydrogen-bond donors (Lipinski definition) is 0. The summed E-state index contributed by atoms with van der Waals surface area (Å²) in [6, 6.07) is 17.3. The largest absolute Gasteiger partial charge is 0.422 e. The van der Waals surface area contributed by atoms with E-state index in [0.717, 1.165) is 21.6 Å². The maximum Gasteiger partial charge on any atom is 0.343 e. The van der Waals surface area contributed by atoms with Gasteiger partial charge in [0.05, 0.1) is 22.4 Å². The molecule has 0 unspecified atom stereocenters. The first-order chi connectivity index (χ1) is 13.9. The van der Waals surface area contributed by atoms with Gasteiger partial charge in [-0.05, 0) is 61.7 Å². The summed E-state index contributed by atoms with van der Waals surface area (Å²) in [5.74, 6) is -0.906. The fourth-order valence-electron chi connectivity index (χ4n) is 3.51. The maximum absolute atomic E-state index is 13.0. The van der Waals surface area contributed by atoms with Crippen molar-refractivity contribution < 1.29 is 19.1 Å². The number of anilines is 1. The third-order valence-electron chi connectivity index (χ3n) is 5.08. The smallest absolute Gasteiger partial charge is 0.343 e. The Kier molecular flexibility index (Phi) is 4.51. The van der Waals surface area contributed by atoms with Crippen molar-refractivity contribution in [1.82, 2.24) is 0 Å². The molecule has 3 aromatic rings. The van der Waals surface area contributed by atoms with E-state index in [2.05, 4.69) is 0 Å². The number of carbonyl (C=O) groups excluding carboxylic acids is 3. The highest BCUT2D eigenvalue weighted by Crippen LogP contribution is 2.31. The Hall–Kier alpha value is -3.73. The van der Waals surface area contributed by atoms with Gasteiger partial charge in [0.25, 0.3) is 11.8 Å². The van der Waals surface area contributed by atoms with Crippen LogP contribution in [0.15, 0.2) is 60.7 Å². The molecule has 29 heavy (non-hydrogen) atoms. The van der Waals surface area contributed by atoms with Gasteiger partial charge in [0.15, 0.2) is 0 Å². The Morgan fingerprint density at radius 1 is 0.759 bits per heavy atom. The number of para-hydroxylation sites is 2. The van der Waals surface area contributed by atoms with Crippen molar-refractivity contribution in [1.29, 1.82) is 0 Å². The van der Waals surface area contributed by atoms with Gasteiger partial charge in [-0.2, -0.15) is 0 Å². The molecule has 0 aliphatic carbocycles. The van der Waals surface area contributed by atoms with E-state index in [0.29, 0.717) is 11.4 Å². The van der Waals surface area contributed by atoms with Crippen LogP contribution in [0.5, 0.6) is 5.75 Å². The number of fused-ring (bicyclic) bond motifs is 1. The van der Waals surface area contributed by atoms with Crippen molar-refractivity contribution >= 4 is 23.5 Å². The van der Waals surface area contributed by atoms with E-state index in [1.807, 2.05) is 51.1 Å². The van der Waals surface area contributed by atoms with E-state index in [-0.39, 0.29) is 16.7 Å². The molecule has 0 aromatic heterocycles. The van der Waals surface area contributed by atoms with Gasteiger partial charge in [-0.15, -0.1) is 0 Å². The second kappa shape index (κ2) is 7.02. The summed E-state index contributed by atoms with van der Waals surface area (Å²) in [5.41, 5.74) is 3.75. The Balaban J connectivity index is 1.67. The number of amides is 2. The summed E-state index contributed by atoms with van der Waals surface area (Å²) in [5, 5.41) is 0.